The zero-order chi connectivity index (χ0) is 30.0. The number of ether oxygens (including phenoxy) is 3. The maximum absolute atomic E-state index is 13.1. The van der Waals surface area contributed by atoms with Gasteiger partial charge in [-0.05, 0) is 97.0 Å². The molecule has 40 heavy (non-hydrogen) atoms. The molecule has 1 aliphatic heterocycles. The Labute approximate surface area is 265 Å². The molecule has 1 N–H and O–H groups in total. The summed E-state index contributed by atoms with van der Waals surface area (Å²) in [6.45, 7) is 5.41. The van der Waals surface area contributed by atoms with Crippen molar-refractivity contribution < 1.29 is 43.0 Å². The summed E-state index contributed by atoms with van der Waals surface area (Å²) in [4.78, 5) is 77.4. The first-order valence-electron chi connectivity index (χ1n) is 11.5. The Kier molecular flexibility index (Phi) is 10.7. The molecule has 1 aromatic carbocycles. The van der Waals surface area contributed by atoms with E-state index in [-0.39, 0.29) is 45.3 Å². The fourth-order valence-corrected chi connectivity index (χ4v) is 7.25. The number of esters is 3. The Morgan fingerprint density at radius 1 is 0.850 bits per heavy atom. The van der Waals surface area contributed by atoms with E-state index in [2.05, 4.69) is 69.0 Å². The number of carbonyl (C=O) groups is 6. The lowest BCUT2D eigenvalue weighted by Crippen LogP contribution is -2.44. The van der Waals surface area contributed by atoms with Crippen LogP contribution >= 0.6 is 75.1 Å². The van der Waals surface area contributed by atoms with E-state index >= 15 is 0 Å². The van der Waals surface area contributed by atoms with E-state index in [4.69, 9.17) is 14.2 Å². The highest BCUT2D eigenvalue weighted by Crippen LogP contribution is 2.45. The number of nitrogens with zero attached hydrogens (tertiary/aromatic N) is 1. The molecule has 0 radical (unpaired) electrons. The second-order valence-electron chi connectivity index (χ2n) is 8.02. The molecule has 3 amide bonds. The van der Waals surface area contributed by atoms with Crippen molar-refractivity contribution in [3.05, 3.63) is 45.0 Å². The molecular formula is C24H20Br4N2O9S. The molecule has 1 atom stereocenters. The Hall–Kier alpha value is -2.14. The Morgan fingerprint density at radius 2 is 1.35 bits per heavy atom. The number of fused-ring (bicyclic) bond motifs is 1. The third-order valence-electron chi connectivity index (χ3n) is 5.55. The highest BCUT2D eigenvalue weighted by molar-refractivity contribution is 9.15. The van der Waals surface area contributed by atoms with Crippen LogP contribution in [0.1, 0.15) is 67.1 Å². The Morgan fingerprint density at radius 3 is 1.85 bits per heavy atom. The van der Waals surface area contributed by atoms with Crippen LogP contribution in [0.2, 0.25) is 0 Å². The smallest absolute Gasteiger partial charge is 0.348 e. The quantitative estimate of drug-likeness (QED) is 0.112. The van der Waals surface area contributed by atoms with Gasteiger partial charge >= 0.3 is 17.9 Å². The van der Waals surface area contributed by atoms with E-state index in [1.807, 2.05) is 0 Å². The van der Waals surface area contributed by atoms with Gasteiger partial charge in [-0.2, -0.15) is 0 Å². The third kappa shape index (κ3) is 6.05. The minimum absolute atomic E-state index is 0.0132. The number of hydrogen-bond acceptors (Lipinski definition) is 10. The summed E-state index contributed by atoms with van der Waals surface area (Å²) < 4.78 is 16.8. The second kappa shape index (κ2) is 13.2. The molecule has 0 aliphatic carbocycles. The first kappa shape index (κ1) is 32.4. The first-order valence-corrected chi connectivity index (χ1v) is 15.4. The number of rotatable bonds is 9. The molecule has 1 unspecified atom stereocenters. The average Bonchev–Trinajstić information content (AvgIpc) is 3.36. The molecule has 0 spiro atoms. The normalized spacial score (nSPS) is 13.2. The minimum atomic E-state index is -1.37. The van der Waals surface area contributed by atoms with Crippen LogP contribution in [-0.4, -0.2) is 66.4 Å². The van der Waals surface area contributed by atoms with E-state index in [0.717, 1.165) is 16.2 Å². The van der Waals surface area contributed by atoms with Crippen LogP contribution < -0.4 is 5.32 Å². The van der Waals surface area contributed by atoms with Crippen molar-refractivity contribution >= 4 is 116 Å². The van der Waals surface area contributed by atoms with Crippen molar-refractivity contribution in [3.63, 3.8) is 0 Å². The van der Waals surface area contributed by atoms with Gasteiger partial charge in [0, 0.05) is 17.9 Å². The molecule has 3 rings (SSSR count). The lowest BCUT2D eigenvalue weighted by Gasteiger charge is -2.20. The number of imide groups is 1. The summed E-state index contributed by atoms with van der Waals surface area (Å²) in [5.41, 5.74) is 0.356. The van der Waals surface area contributed by atoms with Crippen LogP contribution in [0.15, 0.2) is 17.9 Å². The van der Waals surface area contributed by atoms with Gasteiger partial charge in [0.1, 0.15) is 15.9 Å². The van der Waals surface area contributed by atoms with Gasteiger partial charge in [0.05, 0.1) is 29.9 Å². The Bertz CT molecular complexity index is 1410. The van der Waals surface area contributed by atoms with Crippen molar-refractivity contribution in [2.75, 3.05) is 25.1 Å². The minimum Gasteiger partial charge on any atom is -0.462 e. The number of carbonyl (C=O) groups excluding carboxylic acids is 6. The van der Waals surface area contributed by atoms with Gasteiger partial charge in [0.2, 0.25) is 0 Å². The van der Waals surface area contributed by atoms with E-state index in [1.165, 1.54) is 13.8 Å². The molecule has 16 heteroatoms. The lowest BCUT2D eigenvalue weighted by molar-refractivity contribution is -0.150. The molecule has 0 fully saturated rings. The first-order chi connectivity index (χ1) is 18.8. The monoisotopic (exact) mass is 828 g/mol. The van der Waals surface area contributed by atoms with Crippen LogP contribution in [-0.2, 0) is 23.8 Å². The molecule has 1 aromatic heterocycles. The SMILES string of the molecule is CCOC(=O)c1sc(NC(=O)COC(=O)C(C)N2C(=O)c3c(Br)c(Br)c(Br)c(Br)c3C2=O)c(C(=O)OCC)c1C. The molecule has 2 aromatic rings. The predicted molar refractivity (Wildman–Crippen MR) is 158 cm³/mol. The standard InChI is InChI=1S/C24H20Br4N2O9S/c1-5-37-23(35)11-8(3)18(24(36)38-6-2)40-19(11)29-10(31)7-39-22(34)9(4)30-20(32)12-13(21(30)33)15(26)17(28)16(27)14(12)25/h9H,5-7H2,1-4H3,(H,29,31). The highest BCUT2D eigenvalue weighted by Gasteiger charge is 2.45. The summed E-state index contributed by atoms with van der Waals surface area (Å²) in [5, 5.41) is 2.47. The number of hydrogen-bond donors (Lipinski definition) is 1. The van der Waals surface area contributed by atoms with E-state index < -0.39 is 48.3 Å². The number of halogens is 4. The molecule has 11 nitrogen and oxygen atoms in total. The van der Waals surface area contributed by atoms with Crippen molar-refractivity contribution in [2.45, 2.75) is 33.7 Å². The van der Waals surface area contributed by atoms with Crippen LogP contribution in [0.25, 0.3) is 0 Å². The van der Waals surface area contributed by atoms with Gasteiger partial charge < -0.3 is 19.5 Å². The van der Waals surface area contributed by atoms with E-state index in [1.54, 1.807) is 13.8 Å². The van der Waals surface area contributed by atoms with Crippen molar-refractivity contribution in [2.24, 2.45) is 0 Å². The fraction of sp³-hybridized carbons (Fsp3) is 0.333. The maximum Gasteiger partial charge on any atom is 0.348 e. The van der Waals surface area contributed by atoms with Gasteiger partial charge in [0.25, 0.3) is 17.7 Å². The topological polar surface area (TPSA) is 145 Å². The third-order valence-corrected chi connectivity index (χ3v) is 11.5. The van der Waals surface area contributed by atoms with Crippen molar-refractivity contribution in [3.8, 4) is 0 Å². The van der Waals surface area contributed by atoms with Gasteiger partial charge in [-0.15, -0.1) is 11.3 Å². The van der Waals surface area contributed by atoms with Crippen molar-refractivity contribution in [1.82, 2.24) is 4.90 Å². The van der Waals surface area contributed by atoms with Gasteiger partial charge in [-0.3, -0.25) is 19.3 Å². The molecule has 0 saturated carbocycles. The molecule has 1 aliphatic rings. The lowest BCUT2D eigenvalue weighted by atomic mass is 10.1. The summed E-state index contributed by atoms with van der Waals surface area (Å²) in [6, 6.07) is -1.37. The van der Waals surface area contributed by atoms with E-state index in [9.17, 15) is 28.8 Å². The van der Waals surface area contributed by atoms with Gasteiger partial charge in [-0.25, -0.2) is 14.4 Å². The maximum atomic E-state index is 13.1. The number of nitrogens with one attached hydrogen (secondary N) is 1. The molecule has 2 heterocycles. The predicted octanol–water partition coefficient (Wildman–Crippen LogP) is 5.63. The summed E-state index contributed by atoms with van der Waals surface area (Å²) in [6.07, 6.45) is 0. The molecule has 214 valence electrons. The van der Waals surface area contributed by atoms with Crippen LogP contribution in [0.4, 0.5) is 5.00 Å². The number of benzene rings is 1. The average molecular weight is 832 g/mol. The molecule has 0 saturated heterocycles. The van der Waals surface area contributed by atoms with Gasteiger partial charge in [-0.1, -0.05) is 0 Å². The number of amides is 3. The molecule has 0 bridgehead atoms. The zero-order valence-electron chi connectivity index (χ0n) is 21.2. The number of thiophene rings is 1. The van der Waals surface area contributed by atoms with Crippen molar-refractivity contribution in [1.29, 1.82) is 0 Å². The molecular weight excluding hydrogens is 812 g/mol. The van der Waals surface area contributed by atoms with Gasteiger partial charge in [0.15, 0.2) is 6.61 Å². The number of anilines is 1. The largest absolute Gasteiger partial charge is 0.462 e. The summed E-state index contributed by atoms with van der Waals surface area (Å²) in [7, 11) is 0. The highest BCUT2D eigenvalue weighted by atomic mass is 79.9. The van der Waals surface area contributed by atoms with Crippen LogP contribution in [0.5, 0.6) is 0 Å². The summed E-state index contributed by atoms with van der Waals surface area (Å²) in [5.74, 6) is -4.73. The van der Waals surface area contributed by atoms with Crippen LogP contribution in [0.3, 0.4) is 0 Å². The zero-order valence-corrected chi connectivity index (χ0v) is 28.4. The summed E-state index contributed by atoms with van der Waals surface area (Å²) >= 11 is 14.1. The van der Waals surface area contributed by atoms with Crippen LogP contribution in [0, 0.1) is 6.92 Å². The second-order valence-corrected chi connectivity index (χ2v) is 12.2. The fourth-order valence-electron chi connectivity index (χ4n) is 3.69. The van der Waals surface area contributed by atoms with E-state index in [0.29, 0.717) is 17.9 Å². The Balaban J connectivity index is 1.75.